The van der Waals surface area contributed by atoms with Gasteiger partial charge < -0.3 is 10.1 Å². The average molecular weight is 222 g/mol. The van der Waals surface area contributed by atoms with Crippen LogP contribution in [0.4, 0.5) is 5.69 Å². The molecule has 1 atom stereocenters. The summed E-state index contributed by atoms with van der Waals surface area (Å²) in [5.74, 6) is 1.45. The Labute approximate surface area is 98.2 Å². The van der Waals surface area contributed by atoms with E-state index in [1.807, 2.05) is 12.3 Å². The van der Waals surface area contributed by atoms with Gasteiger partial charge in [-0.25, -0.2) is 0 Å². The van der Waals surface area contributed by atoms with Crippen molar-refractivity contribution in [1.29, 1.82) is 0 Å². The summed E-state index contributed by atoms with van der Waals surface area (Å²) in [6, 6.07) is 2.00. The van der Waals surface area contributed by atoms with Gasteiger partial charge in [0.1, 0.15) is 5.75 Å². The molecule has 16 heavy (non-hydrogen) atoms. The Bertz CT molecular complexity index is 302. The number of aromatic nitrogens is 1. The summed E-state index contributed by atoms with van der Waals surface area (Å²) in [6.07, 6.45) is 5.99. The van der Waals surface area contributed by atoms with Crippen molar-refractivity contribution in [2.45, 2.75) is 33.6 Å². The third-order valence-electron chi connectivity index (χ3n) is 2.41. The van der Waals surface area contributed by atoms with E-state index in [0.29, 0.717) is 5.92 Å². The van der Waals surface area contributed by atoms with Crippen LogP contribution >= 0.6 is 0 Å². The Hall–Kier alpha value is -1.25. The van der Waals surface area contributed by atoms with Gasteiger partial charge in [0.2, 0.25) is 0 Å². The molecule has 0 aliphatic rings. The largest absolute Gasteiger partial charge is 0.492 e. The molecule has 1 unspecified atom stereocenters. The molecule has 0 saturated heterocycles. The zero-order chi connectivity index (χ0) is 11.8. The predicted molar refractivity (Wildman–Crippen MR) is 68.0 cm³/mol. The fourth-order valence-corrected chi connectivity index (χ4v) is 1.61. The van der Waals surface area contributed by atoms with E-state index >= 15 is 0 Å². The van der Waals surface area contributed by atoms with Crippen LogP contribution in [0.5, 0.6) is 5.75 Å². The van der Waals surface area contributed by atoms with Gasteiger partial charge in [-0.1, -0.05) is 20.3 Å². The van der Waals surface area contributed by atoms with E-state index in [0.717, 1.165) is 24.6 Å². The SMILES string of the molecule is CCCC(C)COc1cncc(NCC)c1. The zero-order valence-corrected chi connectivity index (χ0v) is 10.5. The Morgan fingerprint density at radius 2 is 2.19 bits per heavy atom. The quantitative estimate of drug-likeness (QED) is 0.768. The van der Waals surface area contributed by atoms with Crippen LogP contribution in [0.2, 0.25) is 0 Å². The second-order valence-electron chi connectivity index (χ2n) is 4.14. The minimum atomic E-state index is 0.604. The molecule has 0 amide bonds. The van der Waals surface area contributed by atoms with E-state index < -0.39 is 0 Å². The third-order valence-corrected chi connectivity index (χ3v) is 2.41. The molecule has 1 rings (SSSR count). The van der Waals surface area contributed by atoms with Gasteiger partial charge in [-0.05, 0) is 19.3 Å². The van der Waals surface area contributed by atoms with E-state index in [1.54, 1.807) is 6.20 Å². The number of hydrogen-bond donors (Lipinski definition) is 1. The van der Waals surface area contributed by atoms with E-state index in [-0.39, 0.29) is 0 Å². The number of pyridine rings is 1. The van der Waals surface area contributed by atoms with Crippen molar-refractivity contribution in [1.82, 2.24) is 4.98 Å². The summed E-state index contributed by atoms with van der Waals surface area (Å²) in [5, 5.41) is 3.22. The summed E-state index contributed by atoms with van der Waals surface area (Å²) < 4.78 is 5.70. The van der Waals surface area contributed by atoms with Crippen LogP contribution in [0.1, 0.15) is 33.6 Å². The van der Waals surface area contributed by atoms with Crippen molar-refractivity contribution in [3.63, 3.8) is 0 Å². The molecule has 1 heterocycles. The van der Waals surface area contributed by atoms with E-state index in [4.69, 9.17) is 4.74 Å². The van der Waals surface area contributed by atoms with E-state index in [1.165, 1.54) is 12.8 Å². The van der Waals surface area contributed by atoms with Gasteiger partial charge in [-0.3, -0.25) is 4.98 Å². The number of rotatable bonds is 7. The smallest absolute Gasteiger partial charge is 0.139 e. The molecule has 0 saturated carbocycles. The third kappa shape index (κ3) is 4.51. The average Bonchev–Trinajstić information content (AvgIpc) is 2.28. The Morgan fingerprint density at radius 3 is 2.88 bits per heavy atom. The minimum Gasteiger partial charge on any atom is -0.492 e. The second-order valence-corrected chi connectivity index (χ2v) is 4.14. The highest BCUT2D eigenvalue weighted by Crippen LogP contribution is 2.16. The molecule has 90 valence electrons. The lowest BCUT2D eigenvalue weighted by molar-refractivity contribution is 0.251. The Balaban J connectivity index is 2.44. The van der Waals surface area contributed by atoms with Gasteiger partial charge >= 0.3 is 0 Å². The van der Waals surface area contributed by atoms with E-state index in [2.05, 4.69) is 31.1 Å². The Morgan fingerprint density at radius 1 is 1.38 bits per heavy atom. The molecule has 0 bridgehead atoms. The first-order valence-electron chi connectivity index (χ1n) is 6.08. The van der Waals surface area contributed by atoms with Crippen LogP contribution in [0, 0.1) is 5.92 Å². The molecular formula is C13H22N2O. The number of nitrogens with zero attached hydrogens (tertiary/aromatic N) is 1. The molecule has 0 aromatic carbocycles. The predicted octanol–water partition coefficient (Wildman–Crippen LogP) is 3.33. The fourth-order valence-electron chi connectivity index (χ4n) is 1.61. The van der Waals surface area contributed by atoms with E-state index in [9.17, 15) is 0 Å². The van der Waals surface area contributed by atoms with Gasteiger partial charge in [0, 0.05) is 12.6 Å². The maximum Gasteiger partial charge on any atom is 0.139 e. The van der Waals surface area contributed by atoms with Crippen LogP contribution in [-0.2, 0) is 0 Å². The van der Waals surface area contributed by atoms with Gasteiger partial charge in [0.05, 0.1) is 24.7 Å². The van der Waals surface area contributed by atoms with Crippen molar-refractivity contribution in [3.8, 4) is 5.75 Å². The highest BCUT2D eigenvalue weighted by atomic mass is 16.5. The standard InChI is InChI=1S/C13H22N2O/c1-4-6-11(3)10-16-13-7-12(15-5-2)8-14-9-13/h7-9,11,15H,4-6,10H2,1-3H3. The van der Waals surface area contributed by atoms with Gasteiger partial charge in [0.25, 0.3) is 0 Å². The fraction of sp³-hybridized carbons (Fsp3) is 0.615. The highest BCUT2D eigenvalue weighted by molar-refractivity contribution is 5.44. The first-order valence-corrected chi connectivity index (χ1v) is 6.08. The summed E-state index contributed by atoms with van der Waals surface area (Å²) in [6.45, 7) is 8.15. The molecule has 0 aliphatic heterocycles. The van der Waals surface area contributed by atoms with Crippen LogP contribution in [-0.4, -0.2) is 18.1 Å². The van der Waals surface area contributed by atoms with Gasteiger partial charge in [-0.2, -0.15) is 0 Å². The first-order chi connectivity index (χ1) is 7.76. The lowest BCUT2D eigenvalue weighted by Crippen LogP contribution is -2.08. The highest BCUT2D eigenvalue weighted by Gasteiger charge is 2.02. The molecule has 3 nitrogen and oxygen atoms in total. The molecule has 3 heteroatoms. The maximum atomic E-state index is 5.70. The Kier molecular flexibility index (Phi) is 5.68. The summed E-state index contributed by atoms with van der Waals surface area (Å²) in [5.41, 5.74) is 1.02. The molecule has 1 aromatic rings. The lowest BCUT2D eigenvalue weighted by Gasteiger charge is -2.12. The number of ether oxygens (including phenoxy) is 1. The summed E-state index contributed by atoms with van der Waals surface area (Å²) in [4.78, 5) is 4.14. The van der Waals surface area contributed by atoms with Crippen molar-refractivity contribution < 1.29 is 4.74 Å². The van der Waals surface area contributed by atoms with Crippen LogP contribution < -0.4 is 10.1 Å². The van der Waals surface area contributed by atoms with Crippen molar-refractivity contribution in [2.24, 2.45) is 5.92 Å². The lowest BCUT2D eigenvalue weighted by atomic mass is 10.1. The molecule has 1 aromatic heterocycles. The molecule has 1 N–H and O–H groups in total. The van der Waals surface area contributed by atoms with Crippen LogP contribution in [0.25, 0.3) is 0 Å². The molecule has 0 spiro atoms. The van der Waals surface area contributed by atoms with Crippen molar-refractivity contribution in [2.75, 3.05) is 18.5 Å². The minimum absolute atomic E-state index is 0.604. The van der Waals surface area contributed by atoms with Gasteiger partial charge in [-0.15, -0.1) is 0 Å². The van der Waals surface area contributed by atoms with Crippen LogP contribution in [0.3, 0.4) is 0 Å². The number of hydrogen-bond acceptors (Lipinski definition) is 3. The second kappa shape index (κ2) is 7.09. The van der Waals surface area contributed by atoms with Gasteiger partial charge in [0.15, 0.2) is 0 Å². The molecule has 0 aliphatic carbocycles. The maximum absolute atomic E-state index is 5.70. The molecule has 0 radical (unpaired) electrons. The normalized spacial score (nSPS) is 12.2. The number of nitrogens with one attached hydrogen (secondary N) is 1. The first kappa shape index (κ1) is 12.8. The summed E-state index contributed by atoms with van der Waals surface area (Å²) >= 11 is 0. The molecule has 0 fully saturated rings. The molecular weight excluding hydrogens is 200 g/mol. The number of anilines is 1. The monoisotopic (exact) mass is 222 g/mol. The van der Waals surface area contributed by atoms with Crippen LogP contribution in [0.15, 0.2) is 18.5 Å². The summed E-state index contributed by atoms with van der Waals surface area (Å²) in [7, 11) is 0. The van der Waals surface area contributed by atoms with Crippen molar-refractivity contribution >= 4 is 5.69 Å². The topological polar surface area (TPSA) is 34.1 Å². The zero-order valence-electron chi connectivity index (χ0n) is 10.5. The van der Waals surface area contributed by atoms with Crippen molar-refractivity contribution in [3.05, 3.63) is 18.5 Å².